The minimum Gasteiger partial charge on any atom is -0.357 e. The fourth-order valence-electron chi connectivity index (χ4n) is 3.58. The van der Waals surface area contributed by atoms with Gasteiger partial charge < -0.3 is 15.5 Å². The molecule has 1 aliphatic heterocycles. The number of rotatable bonds is 7. The summed E-state index contributed by atoms with van der Waals surface area (Å²) in [4.78, 5) is 7.33. The van der Waals surface area contributed by atoms with Gasteiger partial charge >= 0.3 is 0 Å². The van der Waals surface area contributed by atoms with E-state index in [4.69, 9.17) is 4.99 Å². The summed E-state index contributed by atoms with van der Waals surface area (Å²) in [5.41, 5.74) is 2.29. The molecule has 0 saturated carbocycles. The Hall–Kier alpha value is -2.34. The smallest absolute Gasteiger partial charge is 0.191 e. The van der Waals surface area contributed by atoms with E-state index in [1.165, 1.54) is 18.4 Å². The van der Waals surface area contributed by atoms with E-state index in [1.54, 1.807) is 0 Å². The van der Waals surface area contributed by atoms with E-state index in [1.807, 2.05) is 29.1 Å². The van der Waals surface area contributed by atoms with Gasteiger partial charge in [-0.25, -0.2) is 4.68 Å². The van der Waals surface area contributed by atoms with Crippen LogP contribution in [0.25, 0.3) is 5.69 Å². The molecule has 2 aromatic rings. The number of nitrogens with one attached hydrogen (secondary N) is 2. The summed E-state index contributed by atoms with van der Waals surface area (Å²) in [5, 5.41) is 11.5. The van der Waals surface area contributed by atoms with E-state index < -0.39 is 0 Å². The second kappa shape index (κ2) is 10.3. The van der Waals surface area contributed by atoms with Gasteiger partial charge in [-0.1, -0.05) is 18.2 Å². The molecule has 28 heavy (non-hydrogen) atoms. The largest absolute Gasteiger partial charge is 0.357 e. The highest BCUT2D eigenvalue weighted by Crippen LogP contribution is 2.13. The van der Waals surface area contributed by atoms with Crippen LogP contribution in [0.4, 0.5) is 0 Å². The van der Waals surface area contributed by atoms with Gasteiger partial charge in [-0.3, -0.25) is 4.99 Å². The second-order valence-corrected chi connectivity index (χ2v) is 7.69. The molecule has 2 N–H and O–H groups in total. The third-order valence-corrected chi connectivity index (χ3v) is 5.27. The second-order valence-electron chi connectivity index (χ2n) is 7.69. The third kappa shape index (κ3) is 5.83. The molecule has 0 unspecified atom stereocenters. The van der Waals surface area contributed by atoms with E-state index >= 15 is 0 Å². The minimum atomic E-state index is 0.508. The summed E-state index contributed by atoms with van der Waals surface area (Å²) in [6, 6.07) is 11.3. The number of aliphatic imine (C=N–C) groups is 1. The molecule has 1 aromatic heterocycles. The molecule has 0 amide bonds. The average molecular weight is 383 g/mol. The number of aromatic nitrogens is 2. The van der Waals surface area contributed by atoms with E-state index in [0.29, 0.717) is 12.1 Å². The Morgan fingerprint density at radius 2 is 1.96 bits per heavy atom. The summed E-state index contributed by atoms with van der Waals surface area (Å²) in [6.07, 6.45) is 7.26. The van der Waals surface area contributed by atoms with Gasteiger partial charge in [0.2, 0.25) is 0 Å². The SMILES string of the molecule is CCNC(=NCCc1cnn(-c2ccccc2)c1)NC1CCN(C(C)C)CC1. The van der Waals surface area contributed by atoms with Crippen LogP contribution in [0.15, 0.2) is 47.7 Å². The van der Waals surface area contributed by atoms with Crippen LogP contribution in [0.1, 0.15) is 39.2 Å². The molecule has 0 spiro atoms. The summed E-state index contributed by atoms with van der Waals surface area (Å²) < 4.78 is 1.92. The monoisotopic (exact) mass is 382 g/mol. The Labute approximate surface area is 169 Å². The first-order chi connectivity index (χ1) is 13.7. The summed E-state index contributed by atoms with van der Waals surface area (Å²) in [7, 11) is 0. The van der Waals surface area contributed by atoms with Crippen LogP contribution >= 0.6 is 0 Å². The quantitative estimate of drug-likeness (QED) is 0.571. The molecule has 1 fully saturated rings. The van der Waals surface area contributed by atoms with Crippen LogP contribution in [0, 0.1) is 0 Å². The van der Waals surface area contributed by atoms with Crippen molar-refractivity contribution in [1.82, 2.24) is 25.3 Å². The highest BCUT2D eigenvalue weighted by atomic mass is 15.3. The molecule has 2 heterocycles. The zero-order valence-corrected chi connectivity index (χ0v) is 17.4. The molecule has 0 bridgehead atoms. The Balaban J connectivity index is 1.50. The van der Waals surface area contributed by atoms with Gasteiger partial charge in [0, 0.05) is 44.5 Å². The van der Waals surface area contributed by atoms with Crippen molar-refractivity contribution < 1.29 is 0 Å². The van der Waals surface area contributed by atoms with Gasteiger partial charge in [0.15, 0.2) is 5.96 Å². The maximum absolute atomic E-state index is 4.78. The fourth-order valence-corrected chi connectivity index (χ4v) is 3.58. The lowest BCUT2D eigenvalue weighted by molar-refractivity contribution is 0.167. The number of nitrogens with zero attached hydrogens (tertiary/aromatic N) is 4. The van der Waals surface area contributed by atoms with Gasteiger partial charge in [0.05, 0.1) is 11.9 Å². The fraction of sp³-hybridized carbons (Fsp3) is 0.545. The molecule has 0 aliphatic carbocycles. The number of benzene rings is 1. The number of para-hydroxylation sites is 1. The number of likely N-dealkylation sites (tertiary alicyclic amines) is 1. The molecule has 6 heteroatoms. The lowest BCUT2D eigenvalue weighted by atomic mass is 10.0. The summed E-state index contributed by atoms with van der Waals surface area (Å²) in [6.45, 7) is 10.6. The van der Waals surface area contributed by atoms with Gasteiger partial charge in [-0.05, 0) is 57.7 Å². The Morgan fingerprint density at radius 3 is 2.64 bits per heavy atom. The van der Waals surface area contributed by atoms with Crippen LogP contribution in [0.3, 0.4) is 0 Å². The van der Waals surface area contributed by atoms with Crippen LogP contribution in [0.5, 0.6) is 0 Å². The minimum absolute atomic E-state index is 0.508. The highest BCUT2D eigenvalue weighted by molar-refractivity contribution is 5.80. The molecule has 152 valence electrons. The standard InChI is InChI=1S/C22H34N6/c1-4-23-22(26-20-11-14-27(15-12-20)18(2)3)24-13-10-19-16-25-28(17-19)21-8-6-5-7-9-21/h5-9,16-18,20H,4,10-15H2,1-3H3,(H2,23,24,26). The molecule has 6 nitrogen and oxygen atoms in total. The molecule has 1 aliphatic rings. The first kappa shape index (κ1) is 20.4. The van der Waals surface area contributed by atoms with Gasteiger partial charge in [-0.2, -0.15) is 5.10 Å². The maximum Gasteiger partial charge on any atom is 0.191 e. The zero-order valence-electron chi connectivity index (χ0n) is 17.4. The van der Waals surface area contributed by atoms with Crippen molar-refractivity contribution in [3.8, 4) is 5.69 Å². The normalized spacial score (nSPS) is 16.5. The number of hydrogen-bond acceptors (Lipinski definition) is 3. The van der Waals surface area contributed by atoms with Crippen molar-refractivity contribution in [2.24, 2.45) is 4.99 Å². The number of piperidine rings is 1. The molecular formula is C22H34N6. The van der Waals surface area contributed by atoms with Crippen molar-refractivity contribution in [3.05, 3.63) is 48.3 Å². The summed E-state index contributed by atoms with van der Waals surface area (Å²) >= 11 is 0. The first-order valence-corrected chi connectivity index (χ1v) is 10.5. The number of guanidine groups is 1. The van der Waals surface area contributed by atoms with Crippen LogP contribution in [-0.2, 0) is 6.42 Å². The predicted octanol–water partition coefficient (Wildman–Crippen LogP) is 2.84. The van der Waals surface area contributed by atoms with Crippen molar-refractivity contribution in [2.75, 3.05) is 26.2 Å². The van der Waals surface area contributed by atoms with Gasteiger partial charge in [-0.15, -0.1) is 0 Å². The molecular weight excluding hydrogens is 348 g/mol. The maximum atomic E-state index is 4.78. The third-order valence-electron chi connectivity index (χ3n) is 5.27. The summed E-state index contributed by atoms with van der Waals surface area (Å²) in [5.74, 6) is 0.931. The number of hydrogen-bond donors (Lipinski definition) is 2. The average Bonchev–Trinajstić information content (AvgIpc) is 3.18. The van der Waals surface area contributed by atoms with Gasteiger partial charge in [0.1, 0.15) is 0 Å². The van der Waals surface area contributed by atoms with Crippen molar-refractivity contribution in [1.29, 1.82) is 0 Å². The van der Waals surface area contributed by atoms with E-state index in [0.717, 1.165) is 44.2 Å². The molecule has 1 aromatic carbocycles. The van der Waals surface area contributed by atoms with E-state index in [9.17, 15) is 0 Å². The van der Waals surface area contributed by atoms with Crippen LogP contribution in [0.2, 0.25) is 0 Å². The zero-order chi connectivity index (χ0) is 19.8. The Bertz CT molecular complexity index is 728. The van der Waals surface area contributed by atoms with Crippen molar-refractivity contribution in [3.63, 3.8) is 0 Å². The lowest BCUT2D eigenvalue weighted by Crippen LogP contribution is -2.49. The molecule has 3 rings (SSSR count). The first-order valence-electron chi connectivity index (χ1n) is 10.5. The highest BCUT2D eigenvalue weighted by Gasteiger charge is 2.21. The van der Waals surface area contributed by atoms with Crippen molar-refractivity contribution in [2.45, 2.75) is 52.1 Å². The van der Waals surface area contributed by atoms with Gasteiger partial charge in [0.25, 0.3) is 0 Å². The Kier molecular flexibility index (Phi) is 7.48. The van der Waals surface area contributed by atoms with Crippen LogP contribution < -0.4 is 10.6 Å². The topological polar surface area (TPSA) is 57.5 Å². The van der Waals surface area contributed by atoms with E-state index in [-0.39, 0.29) is 0 Å². The Morgan fingerprint density at radius 1 is 1.21 bits per heavy atom. The lowest BCUT2D eigenvalue weighted by Gasteiger charge is -2.35. The molecule has 0 atom stereocenters. The van der Waals surface area contributed by atoms with Crippen molar-refractivity contribution >= 4 is 5.96 Å². The predicted molar refractivity (Wildman–Crippen MR) is 116 cm³/mol. The molecule has 0 radical (unpaired) electrons. The van der Waals surface area contributed by atoms with Crippen LogP contribution in [-0.4, -0.2) is 58.9 Å². The van der Waals surface area contributed by atoms with E-state index in [2.05, 4.69) is 59.7 Å². The molecule has 1 saturated heterocycles.